The standard InChI is InChI=1S/C16H19N7OS2/c17-8-3-1-2-4-9(8)20-11-7-19-12(14(18)24)15(21-11)22-16-13-10(23-26-16)5-6-25-13/h5-9H,1-4,17H2,(H2,18,24)(H2,20,21,22)/t8-,9+/m0/s1. The Morgan fingerprint density at radius 1 is 1.31 bits per heavy atom. The molecule has 3 heterocycles. The number of aromatic nitrogens is 3. The zero-order chi connectivity index (χ0) is 18.1. The minimum atomic E-state index is -0.632. The molecular formula is C16H19N7OS2. The number of primary amides is 1. The van der Waals surface area contributed by atoms with Crippen molar-refractivity contribution in [3.05, 3.63) is 23.3 Å². The Morgan fingerprint density at radius 2 is 2.15 bits per heavy atom. The second-order valence-electron chi connectivity index (χ2n) is 6.29. The summed E-state index contributed by atoms with van der Waals surface area (Å²) in [7, 11) is 0. The zero-order valence-electron chi connectivity index (χ0n) is 13.9. The van der Waals surface area contributed by atoms with Crippen LogP contribution in [0.15, 0.2) is 17.6 Å². The first kappa shape index (κ1) is 17.1. The fourth-order valence-corrected chi connectivity index (χ4v) is 4.83. The van der Waals surface area contributed by atoms with Crippen LogP contribution in [-0.4, -0.2) is 32.3 Å². The number of hydrogen-bond acceptors (Lipinski definition) is 9. The predicted octanol–water partition coefficient (Wildman–Crippen LogP) is 2.67. The van der Waals surface area contributed by atoms with Crippen molar-refractivity contribution in [2.24, 2.45) is 11.5 Å². The summed E-state index contributed by atoms with van der Waals surface area (Å²) < 4.78 is 5.38. The number of fused-ring (bicyclic) bond motifs is 1. The Labute approximate surface area is 158 Å². The van der Waals surface area contributed by atoms with Gasteiger partial charge in [0.15, 0.2) is 11.5 Å². The lowest BCUT2D eigenvalue weighted by molar-refractivity contribution is 0.0996. The molecule has 0 aliphatic heterocycles. The van der Waals surface area contributed by atoms with Crippen LogP contribution < -0.4 is 22.1 Å². The van der Waals surface area contributed by atoms with Gasteiger partial charge in [-0.1, -0.05) is 12.8 Å². The number of thiophene rings is 1. The van der Waals surface area contributed by atoms with E-state index in [2.05, 4.69) is 25.0 Å². The number of carbonyl (C=O) groups excluding carboxylic acids is 1. The molecule has 0 saturated heterocycles. The Morgan fingerprint density at radius 3 is 2.96 bits per heavy atom. The van der Waals surface area contributed by atoms with Crippen LogP contribution in [0.1, 0.15) is 36.2 Å². The van der Waals surface area contributed by atoms with Crippen LogP contribution in [0.2, 0.25) is 0 Å². The molecule has 0 spiro atoms. The van der Waals surface area contributed by atoms with Crippen molar-refractivity contribution in [1.82, 2.24) is 14.3 Å². The first-order valence-electron chi connectivity index (χ1n) is 8.40. The van der Waals surface area contributed by atoms with E-state index in [1.165, 1.54) is 17.7 Å². The summed E-state index contributed by atoms with van der Waals surface area (Å²) in [5.41, 5.74) is 12.7. The highest BCUT2D eigenvalue weighted by molar-refractivity contribution is 7.23. The largest absolute Gasteiger partial charge is 0.364 e. The SMILES string of the molecule is NC(=O)c1ncc(N[C@@H]2CCCC[C@@H]2N)nc1Nc1snc2ccsc12. The average molecular weight is 390 g/mol. The Balaban J connectivity index is 1.63. The molecule has 3 aromatic heterocycles. The van der Waals surface area contributed by atoms with Crippen LogP contribution in [-0.2, 0) is 0 Å². The Kier molecular flexibility index (Phi) is 4.70. The third-order valence-electron chi connectivity index (χ3n) is 4.48. The van der Waals surface area contributed by atoms with E-state index in [0.29, 0.717) is 11.6 Å². The molecule has 10 heteroatoms. The molecule has 26 heavy (non-hydrogen) atoms. The number of nitrogens with two attached hydrogens (primary N) is 2. The smallest absolute Gasteiger partial charge is 0.271 e. The van der Waals surface area contributed by atoms with E-state index in [1.807, 2.05) is 11.4 Å². The van der Waals surface area contributed by atoms with E-state index in [-0.39, 0.29) is 17.8 Å². The monoisotopic (exact) mass is 389 g/mol. The summed E-state index contributed by atoms with van der Waals surface area (Å²) >= 11 is 2.89. The van der Waals surface area contributed by atoms with E-state index in [4.69, 9.17) is 11.5 Å². The summed E-state index contributed by atoms with van der Waals surface area (Å²) in [6, 6.07) is 2.19. The first-order valence-corrected chi connectivity index (χ1v) is 10.1. The van der Waals surface area contributed by atoms with Gasteiger partial charge in [0, 0.05) is 12.1 Å². The first-order chi connectivity index (χ1) is 12.6. The fourth-order valence-electron chi connectivity index (χ4n) is 3.12. The van der Waals surface area contributed by atoms with Gasteiger partial charge in [-0.15, -0.1) is 11.3 Å². The Bertz CT molecular complexity index is 938. The number of amides is 1. The third-order valence-corrected chi connectivity index (χ3v) is 6.30. The average Bonchev–Trinajstić information content (AvgIpc) is 3.22. The molecule has 136 valence electrons. The van der Waals surface area contributed by atoms with Gasteiger partial charge in [-0.2, -0.15) is 4.37 Å². The van der Waals surface area contributed by atoms with Gasteiger partial charge in [-0.3, -0.25) is 4.79 Å². The van der Waals surface area contributed by atoms with Gasteiger partial charge in [-0.05, 0) is 35.8 Å². The van der Waals surface area contributed by atoms with E-state index >= 15 is 0 Å². The van der Waals surface area contributed by atoms with E-state index in [1.54, 1.807) is 11.3 Å². The second-order valence-corrected chi connectivity index (χ2v) is 7.98. The number of anilines is 3. The molecule has 0 unspecified atom stereocenters. The maximum absolute atomic E-state index is 11.7. The number of rotatable bonds is 5. The molecule has 6 N–H and O–H groups in total. The lowest BCUT2D eigenvalue weighted by atomic mass is 9.91. The summed E-state index contributed by atoms with van der Waals surface area (Å²) in [4.78, 5) is 20.5. The highest BCUT2D eigenvalue weighted by Crippen LogP contribution is 2.34. The summed E-state index contributed by atoms with van der Waals surface area (Å²) in [6.07, 6.45) is 5.81. The summed E-state index contributed by atoms with van der Waals surface area (Å²) in [5.74, 6) is 0.269. The van der Waals surface area contributed by atoms with Gasteiger partial charge in [0.25, 0.3) is 5.91 Å². The van der Waals surface area contributed by atoms with Crippen molar-refractivity contribution in [2.75, 3.05) is 10.6 Å². The molecule has 8 nitrogen and oxygen atoms in total. The minimum absolute atomic E-state index is 0.0880. The normalized spacial score (nSPS) is 20.2. The molecule has 3 aromatic rings. The van der Waals surface area contributed by atoms with Crippen LogP contribution in [0.3, 0.4) is 0 Å². The van der Waals surface area contributed by atoms with Crippen LogP contribution in [0.5, 0.6) is 0 Å². The van der Waals surface area contributed by atoms with Gasteiger partial charge in [0.2, 0.25) is 0 Å². The van der Waals surface area contributed by atoms with Gasteiger partial charge in [0.05, 0.1) is 16.4 Å². The molecule has 0 radical (unpaired) electrons. The van der Waals surface area contributed by atoms with Gasteiger partial charge < -0.3 is 22.1 Å². The van der Waals surface area contributed by atoms with Crippen LogP contribution in [0, 0.1) is 0 Å². The summed E-state index contributed by atoms with van der Waals surface area (Å²) in [6.45, 7) is 0. The maximum atomic E-state index is 11.7. The van der Waals surface area contributed by atoms with E-state index < -0.39 is 5.91 Å². The lowest BCUT2D eigenvalue weighted by Crippen LogP contribution is -2.42. The number of nitrogens with one attached hydrogen (secondary N) is 2. The lowest BCUT2D eigenvalue weighted by Gasteiger charge is -2.29. The molecule has 1 aliphatic rings. The molecule has 0 bridgehead atoms. The summed E-state index contributed by atoms with van der Waals surface area (Å²) in [5, 5.41) is 9.31. The van der Waals surface area contributed by atoms with Crippen molar-refractivity contribution in [2.45, 2.75) is 37.8 Å². The van der Waals surface area contributed by atoms with Crippen LogP contribution in [0.4, 0.5) is 16.6 Å². The molecule has 1 aliphatic carbocycles. The molecule has 1 amide bonds. The highest BCUT2D eigenvalue weighted by atomic mass is 32.1. The minimum Gasteiger partial charge on any atom is -0.364 e. The van der Waals surface area contributed by atoms with Crippen LogP contribution >= 0.6 is 22.9 Å². The Hall–Kier alpha value is -2.30. The second kappa shape index (κ2) is 7.14. The van der Waals surface area contributed by atoms with Crippen molar-refractivity contribution in [3.63, 3.8) is 0 Å². The number of nitrogens with zero attached hydrogens (tertiary/aromatic N) is 3. The van der Waals surface area contributed by atoms with E-state index in [9.17, 15) is 4.79 Å². The van der Waals surface area contributed by atoms with Crippen molar-refractivity contribution < 1.29 is 4.79 Å². The van der Waals surface area contributed by atoms with Crippen molar-refractivity contribution in [1.29, 1.82) is 0 Å². The highest BCUT2D eigenvalue weighted by Gasteiger charge is 2.23. The quantitative estimate of drug-likeness (QED) is 0.527. The van der Waals surface area contributed by atoms with Gasteiger partial charge >= 0.3 is 0 Å². The topological polar surface area (TPSA) is 132 Å². The molecule has 4 rings (SSSR count). The predicted molar refractivity (Wildman–Crippen MR) is 105 cm³/mol. The fraction of sp³-hybridized carbons (Fsp3) is 0.375. The maximum Gasteiger partial charge on any atom is 0.271 e. The van der Waals surface area contributed by atoms with Crippen molar-refractivity contribution >= 4 is 55.6 Å². The van der Waals surface area contributed by atoms with E-state index in [0.717, 1.165) is 40.9 Å². The molecular weight excluding hydrogens is 370 g/mol. The van der Waals surface area contributed by atoms with Gasteiger partial charge in [0.1, 0.15) is 10.8 Å². The zero-order valence-corrected chi connectivity index (χ0v) is 15.6. The third kappa shape index (κ3) is 3.35. The number of carbonyl (C=O) groups is 1. The molecule has 1 fully saturated rings. The molecule has 1 saturated carbocycles. The van der Waals surface area contributed by atoms with Crippen molar-refractivity contribution in [3.8, 4) is 0 Å². The molecule has 2 atom stereocenters. The van der Waals surface area contributed by atoms with Crippen LogP contribution in [0.25, 0.3) is 10.2 Å². The molecule has 0 aromatic carbocycles. The number of hydrogen-bond donors (Lipinski definition) is 4. The van der Waals surface area contributed by atoms with Gasteiger partial charge in [-0.25, -0.2) is 9.97 Å².